The lowest BCUT2D eigenvalue weighted by Gasteiger charge is -2.38. The van der Waals surface area contributed by atoms with Gasteiger partial charge in [0.25, 0.3) is 0 Å². The summed E-state index contributed by atoms with van der Waals surface area (Å²) >= 11 is 0. The minimum absolute atomic E-state index is 0.0458. The van der Waals surface area contributed by atoms with Gasteiger partial charge in [-0.05, 0) is 39.5 Å². The van der Waals surface area contributed by atoms with Gasteiger partial charge in [-0.15, -0.1) is 0 Å². The van der Waals surface area contributed by atoms with Gasteiger partial charge < -0.3 is 5.11 Å². The van der Waals surface area contributed by atoms with Gasteiger partial charge in [0.15, 0.2) is 0 Å². The second-order valence-corrected chi connectivity index (χ2v) is 5.95. The standard InChI is InChI=1S/C13H25NO2/c1-13(2,3)14(10-12(15)16)9-11-7-5-4-6-8-11/h11H,4-10H2,1-3H3,(H,15,16). The first-order chi connectivity index (χ1) is 7.39. The lowest BCUT2D eigenvalue weighted by molar-refractivity contribution is -0.140. The van der Waals surface area contributed by atoms with Crippen LogP contribution in [0.2, 0.25) is 0 Å². The molecule has 0 spiro atoms. The maximum Gasteiger partial charge on any atom is 0.317 e. The third-order valence-electron chi connectivity index (χ3n) is 3.48. The van der Waals surface area contributed by atoms with E-state index in [1.807, 2.05) is 0 Å². The van der Waals surface area contributed by atoms with Crippen molar-refractivity contribution < 1.29 is 9.90 Å². The van der Waals surface area contributed by atoms with Gasteiger partial charge in [-0.25, -0.2) is 0 Å². The predicted molar refractivity (Wildman–Crippen MR) is 65.5 cm³/mol. The van der Waals surface area contributed by atoms with E-state index >= 15 is 0 Å². The molecule has 1 aliphatic carbocycles. The number of aliphatic carboxylic acids is 1. The first-order valence-electron chi connectivity index (χ1n) is 6.36. The van der Waals surface area contributed by atoms with Gasteiger partial charge in [0, 0.05) is 12.1 Å². The van der Waals surface area contributed by atoms with Crippen molar-refractivity contribution in [1.82, 2.24) is 4.90 Å². The van der Waals surface area contributed by atoms with Crippen LogP contribution in [0.25, 0.3) is 0 Å². The molecule has 1 aliphatic rings. The third kappa shape index (κ3) is 4.52. The van der Waals surface area contributed by atoms with Crippen molar-refractivity contribution in [2.75, 3.05) is 13.1 Å². The van der Waals surface area contributed by atoms with Gasteiger partial charge in [0.2, 0.25) is 0 Å². The molecule has 94 valence electrons. The van der Waals surface area contributed by atoms with Crippen molar-refractivity contribution in [2.45, 2.75) is 58.4 Å². The summed E-state index contributed by atoms with van der Waals surface area (Å²) in [7, 11) is 0. The summed E-state index contributed by atoms with van der Waals surface area (Å²) in [6.45, 7) is 7.39. The van der Waals surface area contributed by atoms with Crippen LogP contribution in [0.5, 0.6) is 0 Å². The number of carboxylic acid groups (broad SMARTS) is 1. The van der Waals surface area contributed by atoms with Crippen LogP contribution >= 0.6 is 0 Å². The van der Waals surface area contributed by atoms with Crippen molar-refractivity contribution in [3.8, 4) is 0 Å². The molecule has 0 aromatic heterocycles. The summed E-state index contributed by atoms with van der Waals surface area (Å²) in [6.07, 6.45) is 6.52. The maximum absolute atomic E-state index is 10.9. The highest BCUT2D eigenvalue weighted by Crippen LogP contribution is 2.26. The summed E-state index contributed by atoms with van der Waals surface area (Å²) in [5, 5.41) is 8.94. The highest BCUT2D eigenvalue weighted by Gasteiger charge is 2.26. The molecule has 1 N–H and O–H groups in total. The van der Waals surface area contributed by atoms with Crippen LogP contribution in [-0.2, 0) is 4.79 Å². The Labute approximate surface area is 98.8 Å². The van der Waals surface area contributed by atoms with E-state index < -0.39 is 5.97 Å². The summed E-state index contributed by atoms with van der Waals surface area (Å²) in [6, 6.07) is 0. The summed E-state index contributed by atoms with van der Waals surface area (Å²) < 4.78 is 0. The summed E-state index contributed by atoms with van der Waals surface area (Å²) in [4.78, 5) is 13.0. The van der Waals surface area contributed by atoms with E-state index in [9.17, 15) is 4.79 Å². The molecule has 1 fully saturated rings. The number of carbonyl (C=O) groups is 1. The molecular formula is C13H25NO2. The molecule has 1 rings (SSSR count). The molecule has 0 aliphatic heterocycles. The topological polar surface area (TPSA) is 40.5 Å². The quantitative estimate of drug-likeness (QED) is 0.803. The molecule has 0 aromatic carbocycles. The Hall–Kier alpha value is -0.570. The monoisotopic (exact) mass is 227 g/mol. The molecule has 0 amide bonds. The molecule has 3 heteroatoms. The first-order valence-corrected chi connectivity index (χ1v) is 6.36. The Kier molecular flexibility index (Phi) is 4.78. The molecule has 0 heterocycles. The number of hydrogen-bond donors (Lipinski definition) is 1. The number of rotatable bonds is 4. The SMILES string of the molecule is CC(C)(C)N(CC(=O)O)CC1CCCCC1. The van der Waals surface area contributed by atoms with Crippen molar-refractivity contribution in [3.05, 3.63) is 0 Å². The van der Waals surface area contributed by atoms with Gasteiger partial charge in [-0.2, -0.15) is 0 Å². The fourth-order valence-corrected chi connectivity index (χ4v) is 2.42. The molecule has 1 saturated carbocycles. The van der Waals surface area contributed by atoms with Gasteiger partial charge in [-0.1, -0.05) is 19.3 Å². The smallest absolute Gasteiger partial charge is 0.317 e. The fourth-order valence-electron chi connectivity index (χ4n) is 2.42. The van der Waals surface area contributed by atoms with Crippen LogP contribution in [0.1, 0.15) is 52.9 Å². The van der Waals surface area contributed by atoms with E-state index in [4.69, 9.17) is 5.11 Å². The largest absolute Gasteiger partial charge is 0.480 e. The zero-order valence-electron chi connectivity index (χ0n) is 10.8. The summed E-state index contributed by atoms with van der Waals surface area (Å²) in [5.41, 5.74) is -0.0458. The van der Waals surface area contributed by atoms with Crippen LogP contribution in [0.4, 0.5) is 0 Å². The average molecular weight is 227 g/mol. The lowest BCUT2D eigenvalue weighted by atomic mass is 9.88. The Morgan fingerprint density at radius 1 is 1.25 bits per heavy atom. The Bertz CT molecular complexity index is 227. The molecule has 0 saturated heterocycles. The number of nitrogens with zero attached hydrogens (tertiary/aromatic N) is 1. The maximum atomic E-state index is 10.9. The first kappa shape index (κ1) is 13.5. The molecule has 16 heavy (non-hydrogen) atoms. The van der Waals surface area contributed by atoms with Crippen molar-refractivity contribution in [1.29, 1.82) is 0 Å². The molecule has 0 aromatic rings. The number of hydrogen-bond acceptors (Lipinski definition) is 2. The van der Waals surface area contributed by atoms with E-state index in [0.717, 1.165) is 6.54 Å². The van der Waals surface area contributed by atoms with Gasteiger partial charge in [0.1, 0.15) is 0 Å². The van der Waals surface area contributed by atoms with Crippen molar-refractivity contribution >= 4 is 5.97 Å². The molecule has 0 bridgehead atoms. The zero-order valence-corrected chi connectivity index (χ0v) is 10.8. The molecule has 3 nitrogen and oxygen atoms in total. The molecule has 0 radical (unpaired) electrons. The Morgan fingerprint density at radius 2 is 1.81 bits per heavy atom. The van der Waals surface area contributed by atoms with Gasteiger partial charge in [0.05, 0.1) is 6.54 Å². The van der Waals surface area contributed by atoms with Gasteiger partial charge >= 0.3 is 5.97 Å². The highest BCUT2D eigenvalue weighted by molar-refractivity contribution is 5.69. The van der Waals surface area contributed by atoms with Crippen LogP contribution < -0.4 is 0 Å². The van der Waals surface area contributed by atoms with E-state index in [0.29, 0.717) is 5.92 Å². The fraction of sp³-hybridized carbons (Fsp3) is 0.923. The lowest BCUT2D eigenvalue weighted by Crippen LogP contribution is -2.47. The summed E-state index contributed by atoms with van der Waals surface area (Å²) in [5.74, 6) is -0.0157. The average Bonchev–Trinajstić information content (AvgIpc) is 2.16. The molecular weight excluding hydrogens is 202 g/mol. The van der Waals surface area contributed by atoms with Crippen LogP contribution in [-0.4, -0.2) is 34.6 Å². The Morgan fingerprint density at radius 3 is 2.25 bits per heavy atom. The molecule has 0 unspecified atom stereocenters. The van der Waals surface area contributed by atoms with E-state index in [1.165, 1.54) is 32.1 Å². The van der Waals surface area contributed by atoms with Crippen LogP contribution in [0, 0.1) is 5.92 Å². The van der Waals surface area contributed by atoms with Crippen LogP contribution in [0.15, 0.2) is 0 Å². The highest BCUT2D eigenvalue weighted by atomic mass is 16.4. The van der Waals surface area contributed by atoms with Crippen LogP contribution in [0.3, 0.4) is 0 Å². The Balaban J connectivity index is 2.51. The second-order valence-electron chi connectivity index (χ2n) is 5.95. The minimum Gasteiger partial charge on any atom is -0.480 e. The zero-order chi connectivity index (χ0) is 12.2. The number of carboxylic acids is 1. The van der Waals surface area contributed by atoms with Gasteiger partial charge in [-0.3, -0.25) is 9.69 Å². The molecule has 0 atom stereocenters. The van der Waals surface area contributed by atoms with Crippen molar-refractivity contribution in [2.24, 2.45) is 5.92 Å². The second kappa shape index (κ2) is 5.67. The normalized spacial score (nSPS) is 19.0. The minimum atomic E-state index is -0.717. The van der Waals surface area contributed by atoms with E-state index in [2.05, 4.69) is 25.7 Å². The predicted octanol–water partition coefficient (Wildman–Crippen LogP) is 2.75. The van der Waals surface area contributed by atoms with Crippen molar-refractivity contribution in [3.63, 3.8) is 0 Å². The van der Waals surface area contributed by atoms with E-state index in [-0.39, 0.29) is 12.1 Å². The van der Waals surface area contributed by atoms with E-state index in [1.54, 1.807) is 0 Å². The third-order valence-corrected chi connectivity index (χ3v) is 3.48.